The first-order valence-corrected chi connectivity index (χ1v) is 7.14. The first kappa shape index (κ1) is 12.1. The molecule has 0 radical (unpaired) electrons. The van der Waals surface area contributed by atoms with Crippen LogP contribution < -0.4 is 5.32 Å². The van der Waals surface area contributed by atoms with Crippen LogP contribution in [0.25, 0.3) is 0 Å². The largest absolute Gasteiger partial charge is 0.310 e. The van der Waals surface area contributed by atoms with Gasteiger partial charge < -0.3 is 10.2 Å². The van der Waals surface area contributed by atoms with Crippen LogP contribution >= 0.6 is 11.3 Å². The van der Waals surface area contributed by atoms with Gasteiger partial charge in [-0.15, -0.1) is 0 Å². The fourth-order valence-electron chi connectivity index (χ4n) is 2.53. The molecule has 1 fully saturated rings. The molecule has 3 heteroatoms. The molecule has 90 valence electrons. The van der Waals surface area contributed by atoms with E-state index in [-0.39, 0.29) is 0 Å². The maximum atomic E-state index is 3.75. The number of nitrogens with zero attached hydrogens (tertiary/aromatic N) is 1. The highest BCUT2D eigenvalue weighted by atomic mass is 32.1. The topological polar surface area (TPSA) is 15.3 Å². The lowest BCUT2D eigenvalue weighted by molar-refractivity contribution is 0.218. The van der Waals surface area contributed by atoms with Gasteiger partial charge in [-0.25, -0.2) is 0 Å². The molecular formula is C13H22N2S. The minimum absolute atomic E-state index is 0.589. The van der Waals surface area contributed by atoms with Gasteiger partial charge in [-0.05, 0) is 62.2 Å². The molecule has 0 saturated carbocycles. The van der Waals surface area contributed by atoms with Crippen LogP contribution in [0.3, 0.4) is 0 Å². The second kappa shape index (κ2) is 5.80. The predicted molar refractivity (Wildman–Crippen MR) is 71.1 cm³/mol. The number of likely N-dealkylation sites (N-methyl/N-ethyl adjacent to an activating group) is 1. The molecule has 2 heterocycles. The van der Waals surface area contributed by atoms with Crippen molar-refractivity contribution in [2.45, 2.75) is 38.3 Å². The molecule has 1 aromatic rings. The minimum Gasteiger partial charge on any atom is -0.310 e. The molecule has 2 unspecified atom stereocenters. The number of hydrogen-bond donors (Lipinski definition) is 1. The van der Waals surface area contributed by atoms with Crippen molar-refractivity contribution in [1.82, 2.24) is 10.2 Å². The number of likely N-dealkylation sites (tertiary alicyclic amines) is 1. The Morgan fingerprint density at radius 3 is 3.19 bits per heavy atom. The van der Waals surface area contributed by atoms with E-state index in [1.165, 1.54) is 31.5 Å². The summed E-state index contributed by atoms with van der Waals surface area (Å²) in [5, 5.41) is 8.17. The molecule has 0 spiro atoms. The molecule has 0 amide bonds. The summed E-state index contributed by atoms with van der Waals surface area (Å²) in [6, 6.07) is 3.51. The average Bonchev–Trinajstić information content (AvgIpc) is 2.70. The van der Waals surface area contributed by atoms with Gasteiger partial charge in [-0.2, -0.15) is 11.3 Å². The van der Waals surface area contributed by atoms with Crippen molar-refractivity contribution in [3.8, 4) is 0 Å². The molecule has 0 aliphatic carbocycles. The van der Waals surface area contributed by atoms with Crippen LogP contribution in [0.15, 0.2) is 16.8 Å². The van der Waals surface area contributed by atoms with Gasteiger partial charge >= 0.3 is 0 Å². The van der Waals surface area contributed by atoms with E-state index in [1.54, 1.807) is 11.3 Å². The number of thiophene rings is 1. The summed E-state index contributed by atoms with van der Waals surface area (Å²) in [4.78, 5) is 2.43. The van der Waals surface area contributed by atoms with Crippen molar-refractivity contribution in [3.05, 3.63) is 22.4 Å². The molecule has 1 N–H and O–H groups in total. The number of piperidine rings is 1. The van der Waals surface area contributed by atoms with Gasteiger partial charge in [0.25, 0.3) is 0 Å². The average molecular weight is 238 g/mol. The van der Waals surface area contributed by atoms with Gasteiger partial charge in [-0.3, -0.25) is 0 Å². The fourth-order valence-corrected chi connectivity index (χ4v) is 3.21. The van der Waals surface area contributed by atoms with Gasteiger partial charge in [-0.1, -0.05) is 0 Å². The lowest BCUT2D eigenvalue weighted by Crippen LogP contribution is -2.47. The van der Waals surface area contributed by atoms with Crippen LogP contribution in [0.1, 0.15) is 25.3 Å². The Morgan fingerprint density at radius 2 is 2.50 bits per heavy atom. The third-order valence-corrected chi connectivity index (χ3v) is 4.00. The highest BCUT2D eigenvalue weighted by molar-refractivity contribution is 7.07. The third kappa shape index (κ3) is 3.58. The van der Waals surface area contributed by atoms with Crippen LogP contribution in [0.5, 0.6) is 0 Å². The maximum absolute atomic E-state index is 3.75. The van der Waals surface area contributed by atoms with Crippen LogP contribution in [0.2, 0.25) is 0 Å². The quantitative estimate of drug-likeness (QED) is 0.866. The van der Waals surface area contributed by atoms with Crippen LogP contribution in [0, 0.1) is 0 Å². The number of hydrogen-bond acceptors (Lipinski definition) is 3. The van der Waals surface area contributed by atoms with E-state index in [1.807, 2.05) is 0 Å². The van der Waals surface area contributed by atoms with Crippen molar-refractivity contribution in [3.63, 3.8) is 0 Å². The molecule has 1 aliphatic heterocycles. The monoisotopic (exact) mass is 238 g/mol. The normalized spacial score (nSPS) is 24.5. The number of nitrogens with one attached hydrogen (secondary N) is 1. The van der Waals surface area contributed by atoms with Crippen molar-refractivity contribution < 1.29 is 0 Å². The van der Waals surface area contributed by atoms with Gasteiger partial charge in [0.15, 0.2) is 0 Å². The Kier molecular flexibility index (Phi) is 4.38. The minimum atomic E-state index is 0.589. The molecule has 0 bridgehead atoms. The molecule has 2 atom stereocenters. The second-order valence-corrected chi connectivity index (χ2v) is 5.78. The zero-order valence-electron chi connectivity index (χ0n) is 10.3. The molecule has 1 saturated heterocycles. The highest BCUT2D eigenvalue weighted by Gasteiger charge is 2.18. The molecule has 2 nitrogen and oxygen atoms in total. The third-order valence-electron chi connectivity index (χ3n) is 3.27. The summed E-state index contributed by atoms with van der Waals surface area (Å²) in [6.45, 7) is 4.76. The van der Waals surface area contributed by atoms with E-state index in [2.05, 4.69) is 41.0 Å². The van der Waals surface area contributed by atoms with Gasteiger partial charge in [0, 0.05) is 18.6 Å². The molecule has 16 heavy (non-hydrogen) atoms. The Balaban J connectivity index is 1.76. The predicted octanol–water partition coefficient (Wildman–Crippen LogP) is 2.36. The van der Waals surface area contributed by atoms with Gasteiger partial charge in [0.1, 0.15) is 0 Å². The maximum Gasteiger partial charge on any atom is 0.0197 e. The summed E-state index contributed by atoms with van der Waals surface area (Å²) in [6.07, 6.45) is 3.82. The smallest absolute Gasteiger partial charge is 0.0197 e. The van der Waals surface area contributed by atoms with E-state index in [0.717, 1.165) is 6.42 Å². The Bertz CT molecular complexity index is 297. The van der Waals surface area contributed by atoms with Crippen molar-refractivity contribution in [2.75, 3.05) is 20.1 Å². The molecule has 1 aromatic heterocycles. The zero-order chi connectivity index (χ0) is 11.4. The van der Waals surface area contributed by atoms with Crippen molar-refractivity contribution in [2.24, 2.45) is 0 Å². The molecule has 0 aromatic carbocycles. The molecule has 2 rings (SSSR count). The Hall–Kier alpha value is -0.380. The lowest BCUT2D eigenvalue weighted by atomic mass is 10.0. The summed E-state index contributed by atoms with van der Waals surface area (Å²) in [5.41, 5.74) is 1.47. The van der Waals surface area contributed by atoms with Crippen molar-refractivity contribution in [1.29, 1.82) is 0 Å². The summed E-state index contributed by atoms with van der Waals surface area (Å²) in [5.74, 6) is 0. The SMILES string of the molecule is CC(Cc1ccsc1)NC1CCCN(C)C1. The summed E-state index contributed by atoms with van der Waals surface area (Å²) in [7, 11) is 2.22. The van der Waals surface area contributed by atoms with E-state index in [9.17, 15) is 0 Å². The summed E-state index contributed by atoms with van der Waals surface area (Å²) < 4.78 is 0. The zero-order valence-corrected chi connectivity index (χ0v) is 11.1. The fraction of sp³-hybridized carbons (Fsp3) is 0.692. The Labute approximate surface area is 103 Å². The van der Waals surface area contributed by atoms with E-state index >= 15 is 0 Å². The van der Waals surface area contributed by atoms with Gasteiger partial charge in [0.2, 0.25) is 0 Å². The second-order valence-electron chi connectivity index (χ2n) is 5.00. The number of rotatable bonds is 4. The highest BCUT2D eigenvalue weighted by Crippen LogP contribution is 2.12. The standard InChI is InChI=1S/C13H22N2S/c1-11(8-12-5-7-16-10-12)14-13-4-3-6-15(2)9-13/h5,7,10-11,13-14H,3-4,6,8-9H2,1-2H3. The first-order valence-electron chi connectivity index (χ1n) is 6.19. The lowest BCUT2D eigenvalue weighted by Gasteiger charge is -2.32. The van der Waals surface area contributed by atoms with E-state index in [4.69, 9.17) is 0 Å². The van der Waals surface area contributed by atoms with Crippen LogP contribution in [-0.4, -0.2) is 37.1 Å². The molecule has 1 aliphatic rings. The van der Waals surface area contributed by atoms with E-state index in [0.29, 0.717) is 12.1 Å². The van der Waals surface area contributed by atoms with Crippen LogP contribution in [-0.2, 0) is 6.42 Å². The van der Waals surface area contributed by atoms with Gasteiger partial charge in [0.05, 0.1) is 0 Å². The van der Waals surface area contributed by atoms with Crippen molar-refractivity contribution >= 4 is 11.3 Å². The molecular weight excluding hydrogens is 216 g/mol. The Morgan fingerprint density at radius 1 is 1.62 bits per heavy atom. The van der Waals surface area contributed by atoms with Crippen LogP contribution in [0.4, 0.5) is 0 Å². The van der Waals surface area contributed by atoms with E-state index < -0.39 is 0 Å². The summed E-state index contributed by atoms with van der Waals surface area (Å²) >= 11 is 1.79. The first-order chi connectivity index (χ1) is 7.74.